The van der Waals surface area contributed by atoms with Crippen LogP contribution < -0.4 is 15.4 Å². The minimum Gasteiger partial charge on any atom is -0.489 e. The van der Waals surface area contributed by atoms with E-state index in [2.05, 4.69) is 20.6 Å². The Labute approximate surface area is 198 Å². The third-order valence-corrected chi connectivity index (χ3v) is 7.55. The molecule has 2 atom stereocenters. The number of hydrogen-bond acceptors (Lipinski definition) is 5. The summed E-state index contributed by atoms with van der Waals surface area (Å²) < 4.78 is 32.8. The fourth-order valence-electron chi connectivity index (χ4n) is 5.66. The van der Waals surface area contributed by atoms with Crippen molar-refractivity contribution in [2.75, 3.05) is 6.54 Å². The van der Waals surface area contributed by atoms with Gasteiger partial charge in [0.2, 0.25) is 5.91 Å². The summed E-state index contributed by atoms with van der Waals surface area (Å²) in [6.45, 7) is 0.749. The molecule has 178 valence electrons. The first-order valence-corrected chi connectivity index (χ1v) is 11.6. The van der Waals surface area contributed by atoms with E-state index in [-0.39, 0.29) is 29.5 Å². The van der Waals surface area contributed by atoms with Crippen LogP contribution in [0.3, 0.4) is 0 Å². The maximum atomic E-state index is 13.4. The van der Waals surface area contributed by atoms with Crippen molar-refractivity contribution in [2.24, 2.45) is 5.41 Å². The Kier molecular flexibility index (Phi) is 4.88. The van der Waals surface area contributed by atoms with Crippen LogP contribution in [0.1, 0.15) is 43.2 Å². The van der Waals surface area contributed by atoms with E-state index in [9.17, 15) is 18.7 Å². The minimum atomic E-state index is -0.956. The summed E-state index contributed by atoms with van der Waals surface area (Å²) in [6, 6.07) is 7.35. The number of aromatic amines is 1. The number of carbonyl (C=O) groups is 1. The molecule has 0 spiro atoms. The number of ether oxygens (including phenoxy) is 1. The molecule has 4 N–H and O–H groups in total. The maximum Gasteiger partial charge on any atom is 0.226 e. The normalized spacial score (nSPS) is 29.1. The Morgan fingerprint density at radius 3 is 2.79 bits per heavy atom. The number of nitrogens with one attached hydrogen (secondary N) is 3. The zero-order valence-corrected chi connectivity index (χ0v) is 18.9. The zero-order chi connectivity index (χ0) is 23.7. The van der Waals surface area contributed by atoms with Crippen molar-refractivity contribution in [1.29, 1.82) is 0 Å². The topological polar surface area (TPSA) is 99.3 Å². The van der Waals surface area contributed by atoms with Gasteiger partial charge in [0.25, 0.3) is 0 Å². The van der Waals surface area contributed by atoms with Gasteiger partial charge >= 0.3 is 0 Å². The van der Waals surface area contributed by atoms with Gasteiger partial charge in [0, 0.05) is 41.2 Å². The molecule has 1 aromatic heterocycles. The highest BCUT2D eigenvalue weighted by atomic mass is 35.5. The first-order valence-electron chi connectivity index (χ1n) is 11.3. The molecule has 34 heavy (non-hydrogen) atoms. The van der Waals surface area contributed by atoms with Crippen molar-refractivity contribution in [2.45, 2.75) is 50.0 Å². The second-order valence-electron chi connectivity index (χ2n) is 9.80. The molecule has 1 amide bonds. The van der Waals surface area contributed by atoms with Crippen LogP contribution in [0.5, 0.6) is 5.75 Å². The van der Waals surface area contributed by atoms with Crippen LogP contribution in [0.15, 0.2) is 30.3 Å². The van der Waals surface area contributed by atoms with Gasteiger partial charge in [-0.15, -0.1) is 0 Å². The molecule has 2 bridgehead atoms. The van der Waals surface area contributed by atoms with Gasteiger partial charge in [0.05, 0.1) is 29.1 Å². The number of aliphatic hydroxyl groups is 1. The third kappa shape index (κ3) is 3.54. The molecule has 2 heterocycles. The number of imidazole rings is 1. The van der Waals surface area contributed by atoms with Gasteiger partial charge in [-0.25, -0.2) is 13.8 Å². The number of H-pyrrole nitrogens is 1. The van der Waals surface area contributed by atoms with Crippen LogP contribution in [-0.2, 0) is 11.3 Å². The zero-order valence-electron chi connectivity index (χ0n) is 18.1. The molecule has 4 aliphatic rings. The molecule has 0 unspecified atom stereocenters. The smallest absolute Gasteiger partial charge is 0.226 e. The van der Waals surface area contributed by atoms with Gasteiger partial charge in [-0.1, -0.05) is 11.6 Å². The lowest BCUT2D eigenvalue weighted by Crippen LogP contribution is -2.78. The first-order chi connectivity index (χ1) is 16.2. The fourth-order valence-corrected chi connectivity index (χ4v) is 5.84. The largest absolute Gasteiger partial charge is 0.489 e. The highest BCUT2D eigenvalue weighted by molar-refractivity contribution is 6.30. The molecule has 0 saturated heterocycles. The van der Waals surface area contributed by atoms with E-state index in [0.717, 1.165) is 31.4 Å². The molecule has 0 radical (unpaired) electrons. The Hall–Kier alpha value is -2.75. The lowest BCUT2D eigenvalue weighted by molar-refractivity contribution is -0.182. The van der Waals surface area contributed by atoms with E-state index in [1.807, 2.05) is 0 Å². The van der Waals surface area contributed by atoms with Gasteiger partial charge in [0.15, 0.2) is 11.6 Å². The van der Waals surface area contributed by atoms with Crippen LogP contribution in [0.4, 0.5) is 8.78 Å². The third-order valence-electron chi connectivity index (χ3n) is 7.32. The molecule has 1 aliphatic heterocycles. The summed E-state index contributed by atoms with van der Waals surface area (Å²) in [7, 11) is 0. The predicted octanol–water partition coefficient (Wildman–Crippen LogP) is 3.51. The number of nitrogens with zero attached hydrogens (tertiary/aromatic N) is 1. The lowest BCUT2D eigenvalue weighted by Gasteiger charge is -2.69. The summed E-state index contributed by atoms with van der Waals surface area (Å²) in [6.07, 6.45) is 1.92. The highest BCUT2D eigenvalue weighted by Gasteiger charge is 2.71. The van der Waals surface area contributed by atoms with E-state index in [1.54, 1.807) is 18.2 Å². The minimum absolute atomic E-state index is 0.0378. The molecule has 3 fully saturated rings. The van der Waals surface area contributed by atoms with Crippen LogP contribution in [0.25, 0.3) is 11.0 Å². The van der Waals surface area contributed by atoms with Crippen molar-refractivity contribution in [3.05, 3.63) is 58.4 Å². The van der Waals surface area contributed by atoms with Crippen molar-refractivity contribution < 1.29 is 23.4 Å². The quantitative estimate of drug-likeness (QED) is 0.425. The van der Waals surface area contributed by atoms with Gasteiger partial charge < -0.3 is 25.5 Å². The SMILES string of the molecule is O=C(NCc1nc2cc(F)c(F)cc2[nH]1)C12CC(NC[C@H]3C[C@@H](O)c4cc(Cl)ccc4O3)(C1)C2. The van der Waals surface area contributed by atoms with Crippen LogP contribution in [-0.4, -0.2) is 39.2 Å². The van der Waals surface area contributed by atoms with E-state index in [0.29, 0.717) is 46.2 Å². The molecule has 3 aliphatic carbocycles. The van der Waals surface area contributed by atoms with Gasteiger partial charge in [-0.2, -0.15) is 0 Å². The highest BCUT2D eigenvalue weighted by Crippen LogP contribution is 2.67. The van der Waals surface area contributed by atoms with Gasteiger partial charge in [-0.3, -0.25) is 4.79 Å². The Morgan fingerprint density at radius 2 is 2.00 bits per heavy atom. The summed E-state index contributed by atoms with van der Waals surface area (Å²) in [4.78, 5) is 19.9. The average molecular weight is 489 g/mol. The summed E-state index contributed by atoms with van der Waals surface area (Å²) in [5.74, 6) is -0.839. The number of fused-ring (bicyclic) bond motifs is 2. The Bertz CT molecular complexity index is 1250. The van der Waals surface area contributed by atoms with Crippen molar-refractivity contribution in [3.63, 3.8) is 0 Å². The van der Waals surface area contributed by atoms with E-state index in [1.165, 1.54) is 0 Å². The van der Waals surface area contributed by atoms with Crippen molar-refractivity contribution in [3.8, 4) is 5.75 Å². The molecule has 3 saturated carbocycles. The van der Waals surface area contributed by atoms with Crippen LogP contribution in [0, 0.1) is 17.0 Å². The Balaban J connectivity index is 1.00. The summed E-state index contributed by atoms with van der Waals surface area (Å²) in [5.41, 5.74) is 0.966. The lowest BCUT2D eigenvalue weighted by atomic mass is 9.39. The van der Waals surface area contributed by atoms with Crippen molar-refractivity contribution in [1.82, 2.24) is 20.6 Å². The number of aliphatic hydroxyl groups excluding tert-OH is 1. The van der Waals surface area contributed by atoms with Crippen LogP contribution >= 0.6 is 11.6 Å². The summed E-state index contributed by atoms with van der Waals surface area (Å²) in [5, 5.41) is 17.5. The molecular weight excluding hydrogens is 466 g/mol. The molecule has 2 aromatic carbocycles. The van der Waals surface area contributed by atoms with E-state index in [4.69, 9.17) is 16.3 Å². The molecule has 7 rings (SSSR count). The number of benzene rings is 2. The number of hydrogen-bond donors (Lipinski definition) is 4. The number of carbonyl (C=O) groups excluding carboxylic acids is 1. The fraction of sp³-hybridized carbons (Fsp3) is 0.417. The second kappa shape index (κ2) is 7.63. The predicted molar refractivity (Wildman–Crippen MR) is 120 cm³/mol. The number of halogens is 3. The number of amides is 1. The maximum absolute atomic E-state index is 13.4. The molecule has 10 heteroatoms. The van der Waals surface area contributed by atoms with Gasteiger partial charge in [-0.05, 0) is 37.5 Å². The van der Waals surface area contributed by atoms with Crippen LogP contribution in [0.2, 0.25) is 5.02 Å². The van der Waals surface area contributed by atoms with E-state index < -0.39 is 17.7 Å². The van der Waals surface area contributed by atoms with E-state index >= 15 is 0 Å². The van der Waals surface area contributed by atoms with Gasteiger partial charge in [0.1, 0.15) is 17.7 Å². The monoisotopic (exact) mass is 488 g/mol. The first kappa shape index (κ1) is 21.8. The molecular formula is C24H23ClF2N4O3. The van der Waals surface area contributed by atoms with Crippen molar-refractivity contribution >= 4 is 28.5 Å². The summed E-state index contributed by atoms with van der Waals surface area (Å²) >= 11 is 6.01. The second-order valence-corrected chi connectivity index (χ2v) is 10.2. The standard InChI is InChI=1S/C24H23ClF2N4O3/c25-12-1-2-20-14(3-12)19(32)4-13(34-20)7-29-24-9-23(10-24,11-24)22(33)28-8-21-30-17-5-15(26)16(27)6-18(17)31-21/h1-3,5-6,13,19,29,32H,4,7-11H2,(H,28,33)(H,30,31)/t13-,19-,23?,24?/m1/s1. The Morgan fingerprint density at radius 1 is 1.24 bits per heavy atom. The number of rotatable bonds is 6. The average Bonchev–Trinajstić information content (AvgIpc) is 3.12. The molecule has 7 nitrogen and oxygen atoms in total. The number of aromatic nitrogens is 2. The molecule has 3 aromatic rings.